The molecule has 0 aliphatic heterocycles. The van der Waals surface area contributed by atoms with Gasteiger partial charge in [0.15, 0.2) is 0 Å². The SMILES string of the molecule is CC[C@H](C)[C@H](NC(=O)c1ccc(S(=O)(=O)NC(C)(C)C)cc1)C(=O)O. The van der Waals surface area contributed by atoms with Crippen molar-refractivity contribution in [2.24, 2.45) is 5.92 Å². The maximum atomic E-state index is 12.2. The quantitative estimate of drug-likeness (QED) is 0.679. The fourth-order valence-electron chi connectivity index (χ4n) is 2.16. The van der Waals surface area contributed by atoms with Crippen LogP contribution >= 0.6 is 0 Å². The molecule has 0 radical (unpaired) electrons. The molecule has 7 nitrogen and oxygen atoms in total. The van der Waals surface area contributed by atoms with Gasteiger partial charge in [-0.3, -0.25) is 4.79 Å². The van der Waals surface area contributed by atoms with Crippen LogP contribution in [-0.2, 0) is 14.8 Å². The van der Waals surface area contributed by atoms with Crippen LogP contribution in [0.15, 0.2) is 29.2 Å². The molecule has 1 aromatic rings. The van der Waals surface area contributed by atoms with Gasteiger partial charge in [0.05, 0.1) is 4.90 Å². The Morgan fingerprint density at radius 3 is 2.08 bits per heavy atom. The molecule has 0 aliphatic carbocycles. The van der Waals surface area contributed by atoms with Gasteiger partial charge in [-0.2, -0.15) is 0 Å². The summed E-state index contributed by atoms with van der Waals surface area (Å²) in [6.45, 7) is 8.77. The van der Waals surface area contributed by atoms with Crippen LogP contribution in [0.4, 0.5) is 0 Å². The predicted molar refractivity (Wildman–Crippen MR) is 94.9 cm³/mol. The van der Waals surface area contributed by atoms with Crippen LogP contribution in [-0.4, -0.2) is 37.0 Å². The molecule has 0 saturated carbocycles. The van der Waals surface area contributed by atoms with E-state index >= 15 is 0 Å². The molecule has 8 heteroatoms. The Morgan fingerprint density at radius 2 is 1.68 bits per heavy atom. The lowest BCUT2D eigenvalue weighted by Crippen LogP contribution is -2.45. The Kier molecular flexibility index (Phi) is 6.73. The molecular weight excluding hydrogens is 344 g/mol. The highest BCUT2D eigenvalue weighted by Crippen LogP contribution is 2.15. The summed E-state index contributed by atoms with van der Waals surface area (Å²) in [5.41, 5.74) is -0.427. The zero-order chi connectivity index (χ0) is 19.4. The number of carbonyl (C=O) groups is 2. The summed E-state index contributed by atoms with van der Waals surface area (Å²) in [7, 11) is -3.69. The number of amides is 1. The van der Waals surface area contributed by atoms with E-state index in [0.29, 0.717) is 6.42 Å². The summed E-state index contributed by atoms with van der Waals surface area (Å²) in [6, 6.07) is 4.37. The second-order valence-electron chi connectivity index (χ2n) is 7.05. The lowest BCUT2D eigenvalue weighted by atomic mass is 9.99. The van der Waals surface area contributed by atoms with Crippen molar-refractivity contribution in [3.8, 4) is 0 Å². The monoisotopic (exact) mass is 370 g/mol. The standard InChI is InChI=1S/C17H26N2O5S/c1-6-11(2)14(16(21)22)18-15(20)12-7-9-13(10-8-12)25(23,24)19-17(3,4)5/h7-11,14,19H,6H2,1-5H3,(H,18,20)(H,21,22)/t11-,14-/m0/s1. The summed E-state index contributed by atoms with van der Waals surface area (Å²) in [6.07, 6.45) is 0.604. The molecule has 1 rings (SSSR count). The van der Waals surface area contributed by atoms with Crippen molar-refractivity contribution in [2.75, 3.05) is 0 Å². The van der Waals surface area contributed by atoms with Crippen molar-refractivity contribution in [1.82, 2.24) is 10.0 Å². The smallest absolute Gasteiger partial charge is 0.326 e. The van der Waals surface area contributed by atoms with Crippen LogP contribution in [0.5, 0.6) is 0 Å². The average Bonchev–Trinajstić information content (AvgIpc) is 2.49. The Bertz CT molecular complexity index is 720. The van der Waals surface area contributed by atoms with E-state index in [2.05, 4.69) is 10.0 Å². The largest absolute Gasteiger partial charge is 0.480 e. The highest BCUT2D eigenvalue weighted by molar-refractivity contribution is 7.89. The van der Waals surface area contributed by atoms with Crippen molar-refractivity contribution >= 4 is 21.9 Å². The van der Waals surface area contributed by atoms with Crippen LogP contribution in [0.3, 0.4) is 0 Å². The molecule has 0 bridgehead atoms. The van der Waals surface area contributed by atoms with Gasteiger partial charge in [-0.15, -0.1) is 0 Å². The fourth-order valence-corrected chi connectivity index (χ4v) is 3.57. The van der Waals surface area contributed by atoms with Crippen molar-refractivity contribution in [3.63, 3.8) is 0 Å². The molecule has 25 heavy (non-hydrogen) atoms. The maximum absolute atomic E-state index is 12.2. The maximum Gasteiger partial charge on any atom is 0.326 e. The highest BCUT2D eigenvalue weighted by Gasteiger charge is 2.26. The molecule has 0 fully saturated rings. The fraction of sp³-hybridized carbons (Fsp3) is 0.529. The number of rotatable bonds is 7. The number of carboxylic acid groups (broad SMARTS) is 1. The van der Waals surface area contributed by atoms with Gasteiger partial charge in [-0.05, 0) is 51.0 Å². The Balaban J connectivity index is 2.95. The second kappa shape index (κ2) is 7.97. The number of benzene rings is 1. The number of carboxylic acids is 1. The van der Waals surface area contributed by atoms with Gasteiger partial charge in [-0.25, -0.2) is 17.9 Å². The first-order chi connectivity index (χ1) is 11.4. The van der Waals surface area contributed by atoms with Crippen LogP contribution in [0.25, 0.3) is 0 Å². The number of carbonyl (C=O) groups excluding carboxylic acids is 1. The number of sulfonamides is 1. The minimum absolute atomic E-state index is 0.0377. The number of aliphatic carboxylic acids is 1. The van der Waals surface area contributed by atoms with Crippen molar-refractivity contribution in [1.29, 1.82) is 0 Å². The van der Waals surface area contributed by atoms with Crippen molar-refractivity contribution in [3.05, 3.63) is 29.8 Å². The van der Waals surface area contributed by atoms with Crippen LogP contribution < -0.4 is 10.0 Å². The van der Waals surface area contributed by atoms with E-state index in [1.165, 1.54) is 24.3 Å². The zero-order valence-electron chi connectivity index (χ0n) is 15.2. The average molecular weight is 370 g/mol. The highest BCUT2D eigenvalue weighted by atomic mass is 32.2. The van der Waals surface area contributed by atoms with E-state index in [1.54, 1.807) is 27.7 Å². The van der Waals surface area contributed by atoms with Crippen LogP contribution in [0, 0.1) is 5.92 Å². The Morgan fingerprint density at radius 1 is 1.16 bits per heavy atom. The van der Waals surface area contributed by atoms with E-state index in [9.17, 15) is 23.1 Å². The van der Waals surface area contributed by atoms with Crippen LogP contribution in [0.1, 0.15) is 51.4 Å². The molecule has 0 unspecified atom stereocenters. The molecule has 0 spiro atoms. The van der Waals surface area contributed by atoms with Crippen molar-refractivity contribution < 1.29 is 23.1 Å². The second-order valence-corrected chi connectivity index (χ2v) is 8.74. The summed E-state index contributed by atoms with van der Waals surface area (Å²) < 4.78 is 27.0. The number of nitrogens with one attached hydrogen (secondary N) is 2. The Hall–Kier alpha value is -1.93. The van der Waals surface area contributed by atoms with E-state index in [0.717, 1.165) is 0 Å². The lowest BCUT2D eigenvalue weighted by molar-refractivity contribution is -0.140. The molecule has 3 N–H and O–H groups in total. The van der Waals surface area contributed by atoms with E-state index in [1.807, 2.05) is 6.92 Å². The summed E-state index contributed by atoms with van der Waals surface area (Å²) in [4.78, 5) is 23.6. The van der Waals surface area contributed by atoms with Gasteiger partial charge in [-0.1, -0.05) is 20.3 Å². The molecular formula is C17H26N2O5S. The van der Waals surface area contributed by atoms with Gasteiger partial charge in [0.1, 0.15) is 6.04 Å². The van der Waals surface area contributed by atoms with E-state index < -0.39 is 33.5 Å². The van der Waals surface area contributed by atoms with Gasteiger partial charge in [0.2, 0.25) is 10.0 Å². The normalized spacial score (nSPS) is 14.6. The topological polar surface area (TPSA) is 113 Å². The van der Waals surface area contributed by atoms with Gasteiger partial charge in [0.25, 0.3) is 5.91 Å². The molecule has 1 aromatic carbocycles. The summed E-state index contributed by atoms with van der Waals surface area (Å²) in [5, 5.41) is 11.7. The minimum atomic E-state index is -3.69. The van der Waals surface area contributed by atoms with E-state index in [-0.39, 0.29) is 16.4 Å². The summed E-state index contributed by atoms with van der Waals surface area (Å²) >= 11 is 0. The molecule has 140 valence electrons. The summed E-state index contributed by atoms with van der Waals surface area (Å²) in [5.74, 6) is -1.88. The van der Waals surface area contributed by atoms with Crippen molar-refractivity contribution in [2.45, 2.75) is 57.5 Å². The molecule has 0 aromatic heterocycles. The molecule has 0 saturated heterocycles. The first kappa shape index (κ1) is 21.1. The predicted octanol–water partition coefficient (Wildman–Crippen LogP) is 1.99. The first-order valence-electron chi connectivity index (χ1n) is 8.05. The third-order valence-corrected chi connectivity index (χ3v) is 5.41. The zero-order valence-corrected chi connectivity index (χ0v) is 16.0. The number of hydrogen-bond acceptors (Lipinski definition) is 4. The first-order valence-corrected chi connectivity index (χ1v) is 9.53. The number of hydrogen-bond donors (Lipinski definition) is 3. The molecule has 0 heterocycles. The van der Waals surface area contributed by atoms with E-state index in [4.69, 9.17) is 0 Å². The third kappa shape index (κ3) is 6.13. The van der Waals surface area contributed by atoms with Crippen LogP contribution in [0.2, 0.25) is 0 Å². The Labute approximate surface area is 148 Å². The molecule has 1 amide bonds. The molecule has 0 aliphatic rings. The lowest BCUT2D eigenvalue weighted by Gasteiger charge is -2.21. The third-order valence-electron chi connectivity index (χ3n) is 3.63. The van der Waals surface area contributed by atoms with Gasteiger partial charge < -0.3 is 10.4 Å². The van der Waals surface area contributed by atoms with Gasteiger partial charge >= 0.3 is 5.97 Å². The minimum Gasteiger partial charge on any atom is -0.480 e. The van der Waals surface area contributed by atoms with Gasteiger partial charge in [0, 0.05) is 11.1 Å². The molecule has 2 atom stereocenters.